The number of allylic oxidation sites excluding steroid dienone is 1. The van der Waals surface area contributed by atoms with Crippen LogP contribution >= 0.6 is 11.6 Å². The lowest BCUT2D eigenvalue weighted by molar-refractivity contribution is 0.357. The van der Waals surface area contributed by atoms with Gasteiger partial charge < -0.3 is 0 Å². The maximum atomic E-state index is 5.78. The lowest BCUT2D eigenvalue weighted by atomic mass is 9.89. The molecular formula is C10H19Cl. The van der Waals surface area contributed by atoms with Crippen molar-refractivity contribution >= 4 is 11.6 Å². The summed E-state index contributed by atoms with van der Waals surface area (Å²) in [4.78, 5) is 0. The third-order valence-corrected chi connectivity index (χ3v) is 2.77. The van der Waals surface area contributed by atoms with Crippen LogP contribution in [-0.2, 0) is 0 Å². The first kappa shape index (κ1) is 11.0. The van der Waals surface area contributed by atoms with E-state index in [9.17, 15) is 0 Å². The van der Waals surface area contributed by atoms with Gasteiger partial charge >= 0.3 is 0 Å². The van der Waals surface area contributed by atoms with E-state index in [4.69, 9.17) is 11.6 Å². The van der Waals surface area contributed by atoms with Crippen LogP contribution in [0.25, 0.3) is 0 Å². The summed E-state index contributed by atoms with van der Waals surface area (Å²) < 4.78 is 0. The van der Waals surface area contributed by atoms with Gasteiger partial charge in [-0.05, 0) is 24.2 Å². The largest absolute Gasteiger partial charge is 0.0895 e. The van der Waals surface area contributed by atoms with E-state index < -0.39 is 0 Å². The maximum absolute atomic E-state index is 5.78. The number of rotatable bonds is 4. The second-order valence-corrected chi connectivity index (χ2v) is 4.29. The van der Waals surface area contributed by atoms with E-state index in [1.807, 2.05) is 0 Å². The highest BCUT2D eigenvalue weighted by molar-refractivity contribution is 6.29. The predicted molar refractivity (Wildman–Crippen MR) is 52.8 cm³/mol. The summed E-state index contributed by atoms with van der Waals surface area (Å²) in [5, 5.41) is 0.789. The molecule has 66 valence electrons. The summed E-state index contributed by atoms with van der Waals surface area (Å²) in [6.45, 7) is 12.6. The van der Waals surface area contributed by atoms with Crippen LogP contribution in [0.1, 0.15) is 34.1 Å². The highest BCUT2D eigenvalue weighted by atomic mass is 35.5. The molecule has 2 atom stereocenters. The van der Waals surface area contributed by atoms with Gasteiger partial charge in [0.2, 0.25) is 0 Å². The maximum Gasteiger partial charge on any atom is 0.0137 e. The molecule has 0 heterocycles. The van der Waals surface area contributed by atoms with Crippen molar-refractivity contribution in [2.45, 2.75) is 34.1 Å². The first-order valence-corrected chi connectivity index (χ1v) is 4.67. The zero-order chi connectivity index (χ0) is 9.02. The van der Waals surface area contributed by atoms with Crippen LogP contribution in [0, 0.1) is 17.8 Å². The van der Waals surface area contributed by atoms with Gasteiger partial charge in [0.15, 0.2) is 0 Å². The van der Waals surface area contributed by atoms with Crippen molar-refractivity contribution in [3.63, 3.8) is 0 Å². The molecule has 0 saturated carbocycles. The molecule has 0 saturated heterocycles. The fourth-order valence-corrected chi connectivity index (χ4v) is 1.05. The minimum Gasteiger partial charge on any atom is -0.0895 e. The number of halogens is 1. The molecule has 0 nitrogen and oxygen atoms in total. The van der Waals surface area contributed by atoms with Gasteiger partial charge in [-0.25, -0.2) is 0 Å². The summed E-state index contributed by atoms with van der Waals surface area (Å²) in [6.07, 6.45) is 1.15. The highest BCUT2D eigenvalue weighted by Crippen LogP contribution is 2.25. The predicted octanol–water partition coefficient (Wildman–Crippen LogP) is 4.06. The summed E-state index contributed by atoms with van der Waals surface area (Å²) in [7, 11) is 0. The third kappa shape index (κ3) is 4.47. The van der Waals surface area contributed by atoms with Gasteiger partial charge in [-0.3, -0.25) is 0 Å². The summed E-state index contributed by atoms with van der Waals surface area (Å²) in [5.74, 6) is 1.93. The zero-order valence-corrected chi connectivity index (χ0v) is 8.78. The molecule has 0 aromatic rings. The van der Waals surface area contributed by atoms with E-state index in [-0.39, 0.29) is 0 Å². The van der Waals surface area contributed by atoms with Crippen LogP contribution in [0.5, 0.6) is 0 Å². The molecule has 0 fully saturated rings. The molecule has 1 unspecified atom stereocenters. The molecule has 11 heavy (non-hydrogen) atoms. The highest BCUT2D eigenvalue weighted by Gasteiger charge is 2.12. The molecule has 0 aliphatic carbocycles. The molecule has 0 aliphatic heterocycles. The molecule has 1 heteroatoms. The van der Waals surface area contributed by atoms with Crippen molar-refractivity contribution in [2.75, 3.05) is 0 Å². The van der Waals surface area contributed by atoms with Gasteiger partial charge in [0, 0.05) is 5.03 Å². The smallest absolute Gasteiger partial charge is 0.0137 e. The average Bonchev–Trinajstić information content (AvgIpc) is 1.87. The van der Waals surface area contributed by atoms with Crippen LogP contribution in [0.4, 0.5) is 0 Å². The quantitative estimate of drug-likeness (QED) is 0.603. The van der Waals surface area contributed by atoms with Crippen LogP contribution in [0.15, 0.2) is 11.6 Å². The number of hydrogen-bond donors (Lipinski definition) is 0. The zero-order valence-electron chi connectivity index (χ0n) is 8.02. The van der Waals surface area contributed by atoms with Crippen LogP contribution in [0.2, 0.25) is 0 Å². The summed E-state index contributed by atoms with van der Waals surface area (Å²) in [5.41, 5.74) is 0. The van der Waals surface area contributed by atoms with E-state index >= 15 is 0 Å². The molecule has 0 rings (SSSR count). The topological polar surface area (TPSA) is 0 Å². The van der Waals surface area contributed by atoms with Gasteiger partial charge in [0.25, 0.3) is 0 Å². The fourth-order valence-electron chi connectivity index (χ4n) is 0.958. The molecule has 0 radical (unpaired) electrons. The fraction of sp³-hybridized carbons (Fsp3) is 0.800. The molecule has 0 aliphatic rings. The monoisotopic (exact) mass is 174 g/mol. The Morgan fingerprint density at radius 1 is 1.27 bits per heavy atom. The lowest BCUT2D eigenvalue weighted by Gasteiger charge is -2.19. The van der Waals surface area contributed by atoms with E-state index in [2.05, 4.69) is 34.3 Å². The minimum atomic E-state index is 0.453. The Balaban J connectivity index is 3.75. The van der Waals surface area contributed by atoms with Crippen molar-refractivity contribution in [3.8, 4) is 0 Å². The van der Waals surface area contributed by atoms with Crippen molar-refractivity contribution in [3.05, 3.63) is 11.6 Å². The first-order valence-electron chi connectivity index (χ1n) is 4.29. The molecule has 0 spiro atoms. The molecule has 0 aromatic heterocycles. The Morgan fingerprint density at radius 3 is 2.00 bits per heavy atom. The Bertz CT molecular complexity index is 127. The van der Waals surface area contributed by atoms with E-state index in [1.54, 1.807) is 0 Å². The van der Waals surface area contributed by atoms with E-state index in [0.29, 0.717) is 5.92 Å². The molecular weight excluding hydrogens is 156 g/mol. The van der Waals surface area contributed by atoms with Gasteiger partial charge in [-0.15, -0.1) is 0 Å². The molecule has 0 aromatic carbocycles. The summed E-state index contributed by atoms with van der Waals surface area (Å²) in [6, 6.07) is 0. The van der Waals surface area contributed by atoms with E-state index in [0.717, 1.165) is 23.3 Å². The minimum absolute atomic E-state index is 0.453. The number of hydrogen-bond acceptors (Lipinski definition) is 0. The van der Waals surface area contributed by atoms with Gasteiger partial charge in [0.05, 0.1) is 0 Å². The van der Waals surface area contributed by atoms with E-state index in [1.165, 1.54) is 0 Å². The van der Waals surface area contributed by atoms with Crippen molar-refractivity contribution < 1.29 is 0 Å². The van der Waals surface area contributed by atoms with Crippen LogP contribution in [0.3, 0.4) is 0 Å². The normalized spacial score (nSPS) is 16.5. The second-order valence-electron chi connectivity index (χ2n) is 3.80. The SMILES string of the molecule is C=C(Cl)[C@@H](C)CC(C)C(C)C. The third-order valence-electron chi connectivity index (χ3n) is 2.40. The van der Waals surface area contributed by atoms with Gasteiger partial charge in [-0.2, -0.15) is 0 Å². The van der Waals surface area contributed by atoms with Crippen molar-refractivity contribution in [1.82, 2.24) is 0 Å². The average molecular weight is 175 g/mol. The second kappa shape index (κ2) is 4.82. The molecule has 0 N–H and O–H groups in total. The van der Waals surface area contributed by atoms with Crippen molar-refractivity contribution in [1.29, 1.82) is 0 Å². The van der Waals surface area contributed by atoms with Crippen molar-refractivity contribution in [2.24, 2.45) is 17.8 Å². The van der Waals surface area contributed by atoms with Crippen LogP contribution in [-0.4, -0.2) is 0 Å². The lowest BCUT2D eigenvalue weighted by Crippen LogP contribution is -2.08. The first-order chi connectivity index (χ1) is 4.95. The summed E-state index contributed by atoms with van der Waals surface area (Å²) >= 11 is 5.78. The van der Waals surface area contributed by atoms with Gasteiger partial charge in [0.1, 0.15) is 0 Å². The molecule has 0 bridgehead atoms. The molecule has 0 amide bonds. The Morgan fingerprint density at radius 2 is 1.73 bits per heavy atom. The Kier molecular flexibility index (Phi) is 4.83. The van der Waals surface area contributed by atoms with Gasteiger partial charge in [-0.1, -0.05) is 45.9 Å². The Labute approximate surface area is 75.6 Å². The Hall–Kier alpha value is 0.0300. The van der Waals surface area contributed by atoms with Crippen LogP contribution < -0.4 is 0 Å². The standard InChI is InChI=1S/C10H19Cl/c1-7(2)8(3)6-9(4)10(5)11/h7-9H,5-6H2,1-4H3/t8?,9-/m0/s1.